The van der Waals surface area contributed by atoms with E-state index in [1.165, 1.54) is 35.6 Å². The van der Waals surface area contributed by atoms with Crippen LogP contribution in [-0.4, -0.2) is 13.4 Å². The molecular formula is C15H10BrFN2O2S2. The first-order valence-electron chi connectivity index (χ1n) is 6.44. The van der Waals surface area contributed by atoms with Crippen molar-refractivity contribution >= 4 is 42.4 Å². The molecule has 3 rings (SSSR count). The van der Waals surface area contributed by atoms with Gasteiger partial charge < -0.3 is 0 Å². The summed E-state index contributed by atoms with van der Waals surface area (Å²) in [6, 6.07) is 12.2. The molecule has 0 aliphatic heterocycles. The number of hydrogen-bond acceptors (Lipinski definition) is 4. The summed E-state index contributed by atoms with van der Waals surface area (Å²) >= 11 is 4.43. The number of rotatable bonds is 4. The Labute approximate surface area is 145 Å². The van der Waals surface area contributed by atoms with E-state index in [0.717, 1.165) is 10.0 Å². The molecular weight excluding hydrogens is 403 g/mol. The second-order valence-electron chi connectivity index (χ2n) is 4.60. The van der Waals surface area contributed by atoms with E-state index in [2.05, 4.69) is 25.6 Å². The average Bonchev–Trinajstić information content (AvgIpc) is 2.96. The van der Waals surface area contributed by atoms with Gasteiger partial charge in [0.05, 0.1) is 10.6 Å². The van der Waals surface area contributed by atoms with Gasteiger partial charge in [0.15, 0.2) is 5.13 Å². The molecule has 118 valence electrons. The fourth-order valence-corrected chi connectivity index (χ4v) is 4.10. The molecule has 8 heteroatoms. The minimum absolute atomic E-state index is 0.152. The summed E-state index contributed by atoms with van der Waals surface area (Å²) in [6.07, 6.45) is 0. The first-order chi connectivity index (χ1) is 10.9. The topological polar surface area (TPSA) is 59.1 Å². The van der Waals surface area contributed by atoms with Gasteiger partial charge in [0, 0.05) is 15.4 Å². The van der Waals surface area contributed by atoms with Crippen molar-refractivity contribution in [1.29, 1.82) is 0 Å². The van der Waals surface area contributed by atoms with Crippen LogP contribution in [-0.2, 0) is 10.0 Å². The van der Waals surface area contributed by atoms with Gasteiger partial charge in [-0.2, -0.15) is 0 Å². The maximum atomic E-state index is 12.9. The first kappa shape index (κ1) is 16.1. The molecule has 0 radical (unpaired) electrons. The molecule has 0 atom stereocenters. The molecule has 0 saturated carbocycles. The van der Waals surface area contributed by atoms with Gasteiger partial charge in [-0.25, -0.2) is 17.8 Å². The number of nitrogens with one attached hydrogen (secondary N) is 1. The molecule has 0 spiro atoms. The van der Waals surface area contributed by atoms with Crippen molar-refractivity contribution in [3.05, 3.63) is 64.2 Å². The van der Waals surface area contributed by atoms with E-state index in [9.17, 15) is 12.8 Å². The van der Waals surface area contributed by atoms with Crippen LogP contribution >= 0.6 is 27.3 Å². The third kappa shape index (κ3) is 3.77. The van der Waals surface area contributed by atoms with E-state index < -0.39 is 10.0 Å². The van der Waals surface area contributed by atoms with Crippen LogP contribution in [0, 0.1) is 5.82 Å². The molecule has 0 bridgehead atoms. The summed E-state index contributed by atoms with van der Waals surface area (Å²) < 4.78 is 40.8. The highest BCUT2D eigenvalue weighted by molar-refractivity contribution is 9.10. The molecule has 3 aromatic rings. The average molecular weight is 413 g/mol. The Kier molecular flexibility index (Phi) is 4.47. The van der Waals surface area contributed by atoms with Gasteiger partial charge in [0.1, 0.15) is 5.82 Å². The van der Waals surface area contributed by atoms with Gasteiger partial charge in [0.2, 0.25) is 0 Å². The number of halogens is 2. The predicted octanol–water partition coefficient (Wildman–Crippen LogP) is 4.51. The van der Waals surface area contributed by atoms with Crippen molar-refractivity contribution in [3.63, 3.8) is 0 Å². The molecule has 0 amide bonds. The lowest BCUT2D eigenvalue weighted by molar-refractivity contribution is 0.601. The zero-order valence-electron chi connectivity index (χ0n) is 11.5. The van der Waals surface area contributed by atoms with Crippen LogP contribution in [0.3, 0.4) is 0 Å². The summed E-state index contributed by atoms with van der Waals surface area (Å²) in [7, 11) is -3.69. The summed E-state index contributed by atoms with van der Waals surface area (Å²) in [5.41, 5.74) is 1.31. The predicted molar refractivity (Wildman–Crippen MR) is 92.5 cm³/mol. The maximum Gasteiger partial charge on any atom is 0.263 e. The minimum Gasteiger partial charge on any atom is -0.255 e. The zero-order chi connectivity index (χ0) is 16.4. The normalized spacial score (nSPS) is 11.4. The van der Waals surface area contributed by atoms with Crippen molar-refractivity contribution in [2.75, 3.05) is 4.72 Å². The number of aromatic nitrogens is 1. The van der Waals surface area contributed by atoms with E-state index in [4.69, 9.17) is 0 Å². The van der Waals surface area contributed by atoms with Crippen LogP contribution in [0.1, 0.15) is 0 Å². The smallest absolute Gasteiger partial charge is 0.255 e. The molecule has 1 aromatic heterocycles. The van der Waals surface area contributed by atoms with Crippen LogP contribution in [0.15, 0.2) is 63.3 Å². The van der Waals surface area contributed by atoms with E-state index in [1.807, 2.05) is 0 Å². The van der Waals surface area contributed by atoms with Crippen LogP contribution in [0.2, 0.25) is 0 Å². The largest absolute Gasteiger partial charge is 0.263 e. The van der Waals surface area contributed by atoms with Gasteiger partial charge in [-0.1, -0.05) is 15.9 Å². The van der Waals surface area contributed by atoms with Gasteiger partial charge in [-0.05, 0) is 48.5 Å². The van der Waals surface area contributed by atoms with Gasteiger partial charge in [-0.3, -0.25) is 4.72 Å². The van der Waals surface area contributed by atoms with E-state index >= 15 is 0 Å². The van der Waals surface area contributed by atoms with E-state index in [0.29, 0.717) is 5.69 Å². The fraction of sp³-hybridized carbons (Fsp3) is 0. The summed E-state index contributed by atoms with van der Waals surface area (Å²) in [6.45, 7) is 0. The van der Waals surface area contributed by atoms with Gasteiger partial charge >= 0.3 is 0 Å². The van der Waals surface area contributed by atoms with E-state index in [1.54, 1.807) is 29.6 Å². The minimum atomic E-state index is -3.69. The Morgan fingerprint density at radius 2 is 1.70 bits per heavy atom. The molecule has 0 aliphatic carbocycles. The molecule has 23 heavy (non-hydrogen) atoms. The Morgan fingerprint density at radius 1 is 1.04 bits per heavy atom. The second kappa shape index (κ2) is 6.38. The highest BCUT2D eigenvalue weighted by atomic mass is 79.9. The van der Waals surface area contributed by atoms with Crippen LogP contribution in [0.5, 0.6) is 0 Å². The van der Waals surface area contributed by atoms with Crippen molar-refractivity contribution in [2.24, 2.45) is 0 Å². The van der Waals surface area contributed by atoms with Gasteiger partial charge in [0.25, 0.3) is 10.0 Å². The first-order valence-corrected chi connectivity index (χ1v) is 9.59. The third-order valence-electron chi connectivity index (χ3n) is 2.99. The number of thiazole rings is 1. The Hall–Kier alpha value is -1.77. The molecule has 1 heterocycles. The number of hydrogen-bond donors (Lipinski definition) is 1. The monoisotopic (exact) mass is 412 g/mol. The molecule has 0 aliphatic rings. The second-order valence-corrected chi connectivity index (χ2v) is 8.06. The zero-order valence-corrected chi connectivity index (χ0v) is 14.8. The van der Waals surface area contributed by atoms with Crippen molar-refractivity contribution in [3.8, 4) is 11.3 Å². The van der Waals surface area contributed by atoms with Crippen LogP contribution < -0.4 is 4.72 Å². The number of nitrogens with zero attached hydrogens (tertiary/aromatic N) is 1. The third-order valence-corrected chi connectivity index (χ3v) is 5.76. The summed E-state index contributed by atoms with van der Waals surface area (Å²) in [5.74, 6) is -0.333. The Balaban J connectivity index is 1.83. The number of benzene rings is 2. The molecule has 0 unspecified atom stereocenters. The van der Waals surface area contributed by atoms with Crippen molar-refractivity contribution < 1.29 is 12.8 Å². The molecule has 2 aromatic carbocycles. The Bertz CT molecular complexity index is 923. The highest BCUT2D eigenvalue weighted by Crippen LogP contribution is 2.27. The lowest BCUT2D eigenvalue weighted by Gasteiger charge is -2.05. The molecule has 0 saturated heterocycles. The van der Waals surface area contributed by atoms with Crippen LogP contribution in [0.4, 0.5) is 9.52 Å². The van der Waals surface area contributed by atoms with Crippen LogP contribution in [0.25, 0.3) is 11.3 Å². The van der Waals surface area contributed by atoms with Crippen molar-refractivity contribution in [1.82, 2.24) is 4.98 Å². The Morgan fingerprint density at radius 3 is 2.35 bits per heavy atom. The highest BCUT2D eigenvalue weighted by Gasteiger charge is 2.16. The number of sulfonamides is 1. The maximum absolute atomic E-state index is 12.9. The lowest BCUT2D eigenvalue weighted by atomic mass is 10.2. The van der Waals surface area contributed by atoms with E-state index in [-0.39, 0.29) is 15.8 Å². The lowest BCUT2D eigenvalue weighted by Crippen LogP contribution is -2.12. The molecule has 0 fully saturated rings. The summed E-state index contributed by atoms with van der Waals surface area (Å²) in [4.78, 5) is 4.39. The SMILES string of the molecule is O=S(=O)(Nc1nc(-c2ccc(F)cc2)cs1)c1ccc(Br)cc1. The molecule has 4 nitrogen and oxygen atoms in total. The van der Waals surface area contributed by atoms with Gasteiger partial charge in [-0.15, -0.1) is 11.3 Å². The fourth-order valence-electron chi connectivity index (χ4n) is 1.86. The standard InChI is InChI=1S/C15H10BrFN2O2S2/c16-11-3-7-13(8-4-11)23(20,21)19-15-18-14(9-22-15)10-1-5-12(17)6-2-10/h1-9H,(H,18,19). The quantitative estimate of drug-likeness (QED) is 0.685. The summed E-state index contributed by atoms with van der Waals surface area (Å²) in [5, 5.41) is 1.97. The number of anilines is 1. The molecule has 1 N–H and O–H groups in total. The van der Waals surface area contributed by atoms with Crippen molar-refractivity contribution in [2.45, 2.75) is 4.90 Å².